The molecule has 0 amide bonds. The fourth-order valence-electron chi connectivity index (χ4n) is 1.90. The van der Waals surface area contributed by atoms with Crippen molar-refractivity contribution in [1.29, 1.82) is 0 Å². The van der Waals surface area contributed by atoms with E-state index in [0.717, 1.165) is 22.9 Å². The smallest absolute Gasteiger partial charge is 0.388 e. The van der Waals surface area contributed by atoms with Crippen molar-refractivity contribution in [1.82, 2.24) is 9.78 Å². The molecule has 1 aromatic heterocycles. The number of carboxylic acids is 1. The fourth-order valence-corrected chi connectivity index (χ4v) is 2.42. The summed E-state index contributed by atoms with van der Waals surface area (Å²) in [7, 11) is 1.30. The third-order valence-corrected chi connectivity index (χ3v) is 3.56. The van der Waals surface area contributed by atoms with Crippen LogP contribution in [0.2, 0.25) is 10.0 Å². The van der Waals surface area contributed by atoms with Gasteiger partial charge in [0.05, 0.1) is 5.02 Å². The van der Waals surface area contributed by atoms with Gasteiger partial charge in [0.25, 0.3) is 0 Å². The maximum atomic E-state index is 14.2. The first kappa shape index (κ1) is 18.2. The molecule has 128 valence electrons. The Morgan fingerprint density at radius 2 is 2.08 bits per heavy atom. The lowest BCUT2D eigenvalue weighted by Gasteiger charge is -2.05. The predicted molar refractivity (Wildman–Crippen MR) is 81.9 cm³/mol. The molecule has 1 heterocycles. The maximum absolute atomic E-state index is 14.2. The molecule has 5 nitrogen and oxygen atoms in total. The molecule has 0 aliphatic rings. The number of carbonyl (C=O) groups is 1. The highest BCUT2D eigenvalue weighted by atomic mass is 35.5. The van der Waals surface area contributed by atoms with Gasteiger partial charge < -0.3 is 9.84 Å². The molecular formula is C14H9Cl2F3N2O3. The van der Waals surface area contributed by atoms with E-state index in [9.17, 15) is 18.0 Å². The first-order valence-electron chi connectivity index (χ1n) is 6.28. The van der Waals surface area contributed by atoms with E-state index in [-0.39, 0.29) is 26.9 Å². The van der Waals surface area contributed by atoms with Crippen molar-refractivity contribution in [3.05, 3.63) is 39.6 Å². The molecule has 1 N–H and O–H groups in total. The SMILES string of the molecule is Cn1nc(-c2cc(/C=C/C(=O)O)c(Cl)cc2F)c(Cl)c1OC(F)F. The number of nitrogens with zero attached hydrogens (tertiary/aromatic N) is 2. The van der Waals surface area contributed by atoms with E-state index in [1.165, 1.54) is 13.1 Å². The van der Waals surface area contributed by atoms with Crippen LogP contribution in [0.1, 0.15) is 5.56 Å². The molecule has 0 bridgehead atoms. The van der Waals surface area contributed by atoms with Crippen LogP contribution >= 0.6 is 23.2 Å². The summed E-state index contributed by atoms with van der Waals surface area (Å²) in [4.78, 5) is 10.6. The molecule has 0 saturated carbocycles. The number of hydrogen-bond donors (Lipinski definition) is 1. The van der Waals surface area contributed by atoms with Gasteiger partial charge in [-0.15, -0.1) is 0 Å². The Hall–Kier alpha value is -2.19. The van der Waals surface area contributed by atoms with Crippen molar-refractivity contribution < 1.29 is 27.8 Å². The molecule has 0 atom stereocenters. The van der Waals surface area contributed by atoms with E-state index >= 15 is 0 Å². The number of rotatable bonds is 5. The molecule has 0 aliphatic heterocycles. The number of ether oxygens (including phenoxy) is 1. The third kappa shape index (κ3) is 3.82. The van der Waals surface area contributed by atoms with Crippen molar-refractivity contribution in [3.63, 3.8) is 0 Å². The third-order valence-electron chi connectivity index (χ3n) is 2.89. The molecule has 1 aromatic carbocycles. The minimum absolute atomic E-state index is 0.0372. The molecule has 24 heavy (non-hydrogen) atoms. The van der Waals surface area contributed by atoms with Crippen LogP contribution in [0.3, 0.4) is 0 Å². The predicted octanol–water partition coefficient (Wildman–Crippen LogP) is 4.23. The van der Waals surface area contributed by atoms with E-state index in [4.69, 9.17) is 28.3 Å². The summed E-state index contributed by atoms with van der Waals surface area (Å²) in [6, 6.07) is 2.15. The average Bonchev–Trinajstić information content (AvgIpc) is 2.74. The van der Waals surface area contributed by atoms with Crippen molar-refractivity contribution >= 4 is 35.2 Å². The van der Waals surface area contributed by atoms with Crippen LogP contribution < -0.4 is 4.74 Å². The number of alkyl halides is 2. The van der Waals surface area contributed by atoms with Crippen LogP contribution in [0.4, 0.5) is 13.2 Å². The second kappa shape index (κ2) is 7.14. The van der Waals surface area contributed by atoms with Crippen molar-refractivity contribution in [2.45, 2.75) is 6.61 Å². The summed E-state index contributed by atoms with van der Waals surface area (Å²) in [5.41, 5.74) is -0.100. The van der Waals surface area contributed by atoms with Gasteiger partial charge in [0.1, 0.15) is 16.5 Å². The Balaban J connectivity index is 2.57. The number of aliphatic carboxylic acids is 1. The topological polar surface area (TPSA) is 64.4 Å². The minimum atomic E-state index is -3.13. The molecule has 0 aliphatic carbocycles. The van der Waals surface area contributed by atoms with Gasteiger partial charge in [-0.25, -0.2) is 13.9 Å². The van der Waals surface area contributed by atoms with E-state index in [0.29, 0.717) is 0 Å². The van der Waals surface area contributed by atoms with Crippen LogP contribution in [0.15, 0.2) is 18.2 Å². The van der Waals surface area contributed by atoms with Crippen molar-refractivity contribution in [2.75, 3.05) is 0 Å². The number of hydrogen-bond acceptors (Lipinski definition) is 3. The summed E-state index contributed by atoms with van der Waals surface area (Å²) in [6.45, 7) is -3.13. The fraction of sp³-hybridized carbons (Fsp3) is 0.143. The van der Waals surface area contributed by atoms with Crippen molar-refractivity contribution in [3.8, 4) is 17.1 Å². The Kier molecular flexibility index (Phi) is 5.40. The van der Waals surface area contributed by atoms with E-state index in [1.54, 1.807) is 0 Å². The van der Waals surface area contributed by atoms with Crippen LogP contribution in [0, 0.1) is 5.82 Å². The normalized spacial score (nSPS) is 11.5. The standard InChI is InChI=1S/C14H9Cl2F3N2O3/c1-21-13(24-14(18)19)11(16)12(20-21)7-4-6(2-3-10(22)23)8(15)5-9(7)17/h2-5,14H,1H3,(H,22,23)/b3-2+. The van der Waals surface area contributed by atoms with Gasteiger partial charge in [-0.1, -0.05) is 23.2 Å². The van der Waals surface area contributed by atoms with Crippen molar-refractivity contribution in [2.24, 2.45) is 7.05 Å². The number of benzene rings is 1. The zero-order valence-electron chi connectivity index (χ0n) is 11.9. The van der Waals surface area contributed by atoms with Crippen LogP contribution in [-0.4, -0.2) is 27.5 Å². The first-order chi connectivity index (χ1) is 11.2. The Labute approximate surface area is 143 Å². The molecule has 0 spiro atoms. The summed E-state index contributed by atoms with van der Waals surface area (Å²) < 4.78 is 44.1. The summed E-state index contributed by atoms with van der Waals surface area (Å²) in [5, 5.41) is 12.2. The molecule has 10 heteroatoms. The summed E-state index contributed by atoms with van der Waals surface area (Å²) in [5.74, 6) is -2.46. The number of aryl methyl sites for hydroxylation is 1. The van der Waals surface area contributed by atoms with E-state index < -0.39 is 24.3 Å². The second-order valence-corrected chi connectivity index (χ2v) is 5.28. The molecular weight excluding hydrogens is 372 g/mol. The van der Waals surface area contributed by atoms with Gasteiger partial charge >= 0.3 is 12.6 Å². The highest BCUT2D eigenvalue weighted by Gasteiger charge is 2.23. The molecule has 0 fully saturated rings. The largest absolute Gasteiger partial charge is 0.478 e. The van der Waals surface area contributed by atoms with Crippen LogP contribution in [-0.2, 0) is 11.8 Å². The molecule has 0 unspecified atom stereocenters. The van der Waals surface area contributed by atoms with Gasteiger partial charge in [0, 0.05) is 18.7 Å². The summed E-state index contributed by atoms with van der Waals surface area (Å²) >= 11 is 11.8. The Bertz CT molecular complexity index is 822. The molecule has 2 rings (SSSR count). The molecule has 2 aromatic rings. The van der Waals surface area contributed by atoms with E-state index in [2.05, 4.69) is 9.84 Å². The highest BCUT2D eigenvalue weighted by molar-refractivity contribution is 6.34. The zero-order valence-corrected chi connectivity index (χ0v) is 13.4. The highest BCUT2D eigenvalue weighted by Crippen LogP contribution is 2.38. The number of aromatic nitrogens is 2. The van der Waals surface area contributed by atoms with Gasteiger partial charge in [-0.2, -0.15) is 13.9 Å². The summed E-state index contributed by atoms with van der Waals surface area (Å²) in [6.07, 6.45) is 1.97. The zero-order chi connectivity index (χ0) is 18.0. The minimum Gasteiger partial charge on any atom is -0.478 e. The Morgan fingerprint density at radius 1 is 1.42 bits per heavy atom. The number of halogens is 5. The molecule has 0 saturated heterocycles. The van der Waals surface area contributed by atoms with Crippen LogP contribution in [0.5, 0.6) is 5.88 Å². The monoisotopic (exact) mass is 380 g/mol. The van der Waals surface area contributed by atoms with E-state index in [1.807, 2.05) is 0 Å². The lowest BCUT2D eigenvalue weighted by Crippen LogP contribution is -2.06. The number of carboxylic acid groups (broad SMARTS) is 1. The maximum Gasteiger partial charge on any atom is 0.388 e. The quantitative estimate of drug-likeness (QED) is 0.788. The average molecular weight is 381 g/mol. The molecule has 0 radical (unpaired) electrons. The lowest BCUT2D eigenvalue weighted by atomic mass is 10.1. The second-order valence-electron chi connectivity index (χ2n) is 4.49. The van der Waals surface area contributed by atoms with Gasteiger partial charge in [0.15, 0.2) is 0 Å². The Morgan fingerprint density at radius 3 is 2.67 bits per heavy atom. The van der Waals surface area contributed by atoms with Gasteiger partial charge in [-0.3, -0.25) is 0 Å². The van der Waals surface area contributed by atoms with Crippen LogP contribution in [0.25, 0.3) is 17.3 Å². The first-order valence-corrected chi connectivity index (χ1v) is 7.04. The van der Waals surface area contributed by atoms with Gasteiger partial charge in [-0.05, 0) is 23.8 Å². The lowest BCUT2D eigenvalue weighted by molar-refractivity contribution is -0.131. The van der Waals surface area contributed by atoms with Gasteiger partial charge in [0.2, 0.25) is 5.88 Å².